The Labute approximate surface area is 162 Å². The first-order chi connectivity index (χ1) is 12.2. The lowest BCUT2D eigenvalue weighted by atomic mass is 9.90. The predicted molar refractivity (Wildman–Crippen MR) is 105 cm³/mol. The summed E-state index contributed by atoms with van der Waals surface area (Å²) in [4.78, 5) is 26.1. The molecule has 0 spiro atoms. The number of likely N-dealkylation sites (tertiary alicyclic amines) is 1. The first kappa shape index (κ1) is 20.7. The average molecular weight is 380 g/mol. The largest absolute Gasteiger partial charge is 0.347 e. The van der Waals surface area contributed by atoms with Crippen LogP contribution >= 0.6 is 12.4 Å². The van der Waals surface area contributed by atoms with E-state index >= 15 is 0 Å². The van der Waals surface area contributed by atoms with Crippen molar-refractivity contribution in [3.8, 4) is 0 Å². The standard InChI is InChI=1S/C20H29N3O2.ClH/c24-19(14-18-7-4-10-21-18)22-15-20(25)23-11-8-17(9-12-23)13-16-5-2-1-3-6-16;/h1-3,5-6,17-18,21H,4,7-15H2,(H,22,24);1H. The van der Waals surface area contributed by atoms with Crippen molar-refractivity contribution in [1.82, 2.24) is 15.5 Å². The summed E-state index contributed by atoms with van der Waals surface area (Å²) in [7, 11) is 0. The maximum Gasteiger partial charge on any atom is 0.241 e. The number of amides is 2. The van der Waals surface area contributed by atoms with E-state index in [1.807, 2.05) is 11.0 Å². The van der Waals surface area contributed by atoms with Gasteiger partial charge in [0.15, 0.2) is 0 Å². The van der Waals surface area contributed by atoms with Crippen molar-refractivity contribution in [3.05, 3.63) is 35.9 Å². The molecular weight excluding hydrogens is 350 g/mol. The number of nitrogens with zero attached hydrogens (tertiary/aromatic N) is 1. The monoisotopic (exact) mass is 379 g/mol. The molecule has 0 bridgehead atoms. The fraction of sp³-hybridized carbons (Fsp3) is 0.600. The lowest BCUT2D eigenvalue weighted by molar-refractivity contribution is -0.134. The van der Waals surface area contributed by atoms with E-state index in [0.717, 1.165) is 51.7 Å². The average Bonchev–Trinajstić information content (AvgIpc) is 3.14. The van der Waals surface area contributed by atoms with Crippen LogP contribution in [0.5, 0.6) is 0 Å². The normalized spacial score (nSPS) is 20.5. The van der Waals surface area contributed by atoms with E-state index in [1.165, 1.54) is 5.56 Å². The molecule has 2 amide bonds. The zero-order valence-electron chi connectivity index (χ0n) is 15.3. The zero-order valence-corrected chi connectivity index (χ0v) is 16.1. The summed E-state index contributed by atoms with van der Waals surface area (Å²) in [5, 5.41) is 6.09. The Morgan fingerprint density at radius 2 is 1.85 bits per heavy atom. The molecule has 3 rings (SSSR count). The molecule has 0 radical (unpaired) electrons. The summed E-state index contributed by atoms with van der Waals surface area (Å²) in [6, 6.07) is 10.8. The molecule has 2 heterocycles. The SMILES string of the molecule is Cl.O=C(CC1CCCN1)NCC(=O)N1CCC(Cc2ccccc2)CC1. The third kappa shape index (κ3) is 6.29. The van der Waals surface area contributed by atoms with Crippen LogP contribution in [0.25, 0.3) is 0 Å². The van der Waals surface area contributed by atoms with Gasteiger partial charge in [-0.05, 0) is 50.1 Å². The molecule has 26 heavy (non-hydrogen) atoms. The van der Waals surface area contributed by atoms with Crippen LogP contribution < -0.4 is 10.6 Å². The van der Waals surface area contributed by atoms with E-state index in [1.54, 1.807) is 0 Å². The molecule has 2 fully saturated rings. The third-order valence-corrected chi connectivity index (χ3v) is 5.37. The second-order valence-corrected chi connectivity index (χ2v) is 7.29. The highest BCUT2D eigenvalue weighted by Crippen LogP contribution is 2.21. The Morgan fingerprint density at radius 1 is 1.12 bits per heavy atom. The fourth-order valence-electron chi connectivity index (χ4n) is 3.85. The summed E-state index contributed by atoms with van der Waals surface area (Å²) in [5.41, 5.74) is 1.38. The van der Waals surface area contributed by atoms with Crippen molar-refractivity contribution in [1.29, 1.82) is 0 Å². The Bertz CT molecular complexity index is 568. The lowest BCUT2D eigenvalue weighted by Gasteiger charge is -2.32. The van der Waals surface area contributed by atoms with Crippen LogP contribution in [0.4, 0.5) is 0 Å². The molecule has 1 aromatic rings. The molecule has 1 aromatic carbocycles. The van der Waals surface area contributed by atoms with Crippen LogP contribution in [-0.2, 0) is 16.0 Å². The number of carbonyl (C=O) groups is 2. The number of nitrogens with one attached hydrogen (secondary N) is 2. The van der Waals surface area contributed by atoms with Gasteiger partial charge in [-0.3, -0.25) is 9.59 Å². The minimum absolute atomic E-state index is 0. The highest BCUT2D eigenvalue weighted by Gasteiger charge is 2.23. The van der Waals surface area contributed by atoms with Gasteiger partial charge < -0.3 is 15.5 Å². The number of piperidine rings is 1. The van der Waals surface area contributed by atoms with Gasteiger partial charge in [0.2, 0.25) is 11.8 Å². The molecule has 2 saturated heterocycles. The molecule has 6 heteroatoms. The number of hydrogen-bond acceptors (Lipinski definition) is 3. The number of halogens is 1. The van der Waals surface area contributed by atoms with E-state index in [0.29, 0.717) is 12.3 Å². The summed E-state index contributed by atoms with van der Waals surface area (Å²) in [5.74, 6) is 0.673. The molecular formula is C20H30ClN3O2. The maximum atomic E-state index is 12.3. The second kappa shape index (κ2) is 10.5. The van der Waals surface area contributed by atoms with Crippen LogP contribution in [0.1, 0.15) is 37.7 Å². The molecule has 5 nitrogen and oxygen atoms in total. The van der Waals surface area contributed by atoms with Gasteiger partial charge in [-0.15, -0.1) is 12.4 Å². The smallest absolute Gasteiger partial charge is 0.241 e. The summed E-state index contributed by atoms with van der Waals surface area (Å²) < 4.78 is 0. The Balaban J connectivity index is 0.00000243. The van der Waals surface area contributed by atoms with Crippen molar-refractivity contribution in [2.45, 2.75) is 44.6 Å². The van der Waals surface area contributed by atoms with Crippen LogP contribution in [0.15, 0.2) is 30.3 Å². The number of hydrogen-bond donors (Lipinski definition) is 2. The van der Waals surface area contributed by atoms with Gasteiger partial charge in [0.1, 0.15) is 0 Å². The van der Waals surface area contributed by atoms with Gasteiger partial charge in [0.25, 0.3) is 0 Å². The van der Waals surface area contributed by atoms with Crippen LogP contribution in [0.2, 0.25) is 0 Å². The Kier molecular flexibility index (Phi) is 8.39. The van der Waals surface area contributed by atoms with Crippen molar-refractivity contribution >= 4 is 24.2 Å². The molecule has 144 valence electrons. The van der Waals surface area contributed by atoms with Gasteiger partial charge in [-0.2, -0.15) is 0 Å². The van der Waals surface area contributed by atoms with Crippen molar-refractivity contribution < 1.29 is 9.59 Å². The van der Waals surface area contributed by atoms with E-state index in [-0.39, 0.29) is 36.8 Å². The summed E-state index contributed by atoms with van der Waals surface area (Å²) in [6.45, 7) is 2.73. The first-order valence-electron chi connectivity index (χ1n) is 9.52. The topological polar surface area (TPSA) is 61.4 Å². The van der Waals surface area contributed by atoms with E-state index in [4.69, 9.17) is 0 Å². The lowest BCUT2D eigenvalue weighted by Crippen LogP contribution is -2.45. The van der Waals surface area contributed by atoms with Crippen LogP contribution in [-0.4, -0.2) is 48.9 Å². The molecule has 0 aromatic heterocycles. The van der Waals surface area contributed by atoms with Crippen LogP contribution in [0.3, 0.4) is 0 Å². The van der Waals surface area contributed by atoms with E-state index < -0.39 is 0 Å². The van der Waals surface area contributed by atoms with Gasteiger partial charge in [-0.25, -0.2) is 0 Å². The van der Waals surface area contributed by atoms with Gasteiger partial charge in [-0.1, -0.05) is 30.3 Å². The van der Waals surface area contributed by atoms with E-state index in [9.17, 15) is 9.59 Å². The van der Waals surface area contributed by atoms with Gasteiger partial charge in [0, 0.05) is 25.6 Å². The Morgan fingerprint density at radius 3 is 2.50 bits per heavy atom. The summed E-state index contributed by atoms with van der Waals surface area (Å²) in [6.07, 6.45) is 5.84. The third-order valence-electron chi connectivity index (χ3n) is 5.37. The minimum atomic E-state index is -0.0216. The molecule has 2 aliphatic rings. The van der Waals surface area contributed by atoms with Crippen LogP contribution in [0, 0.1) is 5.92 Å². The molecule has 0 saturated carbocycles. The predicted octanol–water partition coefficient (Wildman–Crippen LogP) is 2.15. The molecule has 1 unspecified atom stereocenters. The molecule has 1 atom stereocenters. The zero-order chi connectivity index (χ0) is 17.5. The fourth-order valence-corrected chi connectivity index (χ4v) is 3.85. The highest BCUT2D eigenvalue weighted by molar-refractivity contribution is 5.85. The van der Waals surface area contributed by atoms with Crippen molar-refractivity contribution in [2.24, 2.45) is 5.92 Å². The number of rotatable bonds is 6. The molecule has 2 N–H and O–H groups in total. The van der Waals surface area contributed by atoms with Crippen molar-refractivity contribution in [2.75, 3.05) is 26.2 Å². The van der Waals surface area contributed by atoms with Crippen molar-refractivity contribution in [3.63, 3.8) is 0 Å². The van der Waals surface area contributed by atoms with Gasteiger partial charge >= 0.3 is 0 Å². The van der Waals surface area contributed by atoms with E-state index in [2.05, 4.69) is 34.9 Å². The molecule has 2 aliphatic heterocycles. The molecule has 0 aliphatic carbocycles. The second-order valence-electron chi connectivity index (χ2n) is 7.29. The minimum Gasteiger partial charge on any atom is -0.347 e. The highest BCUT2D eigenvalue weighted by atomic mass is 35.5. The first-order valence-corrected chi connectivity index (χ1v) is 9.52. The number of carbonyl (C=O) groups excluding carboxylic acids is 2. The summed E-state index contributed by atoms with van der Waals surface area (Å²) >= 11 is 0. The van der Waals surface area contributed by atoms with Gasteiger partial charge in [0.05, 0.1) is 6.54 Å². The quantitative estimate of drug-likeness (QED) is 0.796. The Hall–Kier alpha value is -1.59. The maximum absolute atomic E-state index is 12.3. The number of benzene rings is 1.